The van der Waals surface area contributed by atoms with Crippen LogP contribution in [0.25, 0.3) is 0 Å². The number of hydrogen-bond acceptors (Lipinski definition) is 5. The van der Waals surface area contributed by atoms with E-state index in [1.807, 2.05) is 54.6 Å². The van der Waals surface area contributed by atoms with E-state index >= 15 is 0 Å². The van der Waals surface area contributed by atoms with Crippen LogP contribution in [0.5, 0.6) is 11.5 Å². The molecule has 0 N–H and O–H groups in total. The monoisotopic (exact) mass is 406 g/mol. The van der Waals surface area contributed by atoms with Crippen molar-refractivity contribution in [3.63, 3.8) is 0 Å². The fraction of sp³-hybridized carbons (Fsp3) is 0.304. The van der Waals surface area contributed by atoms with E-state index in [1.165, 1.54) is 17.7 Å². The molecule has 2 heterocycles. The van der Waals surface area contributed by atoms with Crippen LogP contribution in [0.15, 0.2) is 54.6 Å². The number of fused-ring (bicyclic) bond motifs is 2. The first-order chi connectivity index (χ1) is 14.3. The van der Waals surface area contributed by atoms with Crippen LogP contribution in [0.1, 0.15) is 29.0 Å². The Morgan fingerprint density at radius 2 is 1.79 bits per heavy atom. The number of benzene rings is 2. The van der Waals surface area contributed by atoms with Gasteiger partial charge >= 0.3 is 0 Å². The number of rotatable bonds is 4. The zero-order valence-corrected chi connectivity index (χ0v) is 16.9. The number of anilines is 1. The standard InChI is InChI=1S/C23H22N2O3S/c26-22(20-15-27-18-11-5-6-12-19(18)28-20)25(14-16-8-2-1-3-9-16)23-24-17-10-4-7-13-21(17)29-23/h1-3,5-6,8-9,11-12,20H,4,7,10,13-15H2. The van der Waals surface area contributed by atoms with Gasteiger partial charge in [0, 0.05) is 4.88 Å². The maximum atomic E-state index is 13.5. The minimum Gasteiger partial charge on any atom is -0.485 e. The predicted octanol–water partition coefficient (Wildman–Crippen LogP) is 4.40. The molecule has 1 unspecified atom stereocenters. The summed E-state index contributed by atoms with van der Waals surface area (Å²) in [6, 6.07) is 17.5. The summed E-state index contributed by atoms with van der Waals surface area (Å²) < 4.78 is 11.8. The van der Waals surface area contributed by atoms with Crippen LogP contribution >= 0.6 is 11.3 Å². The van der Waals surface area contributed by atoms with Gasteiger partial charge in [0.1, 0.15) is 6.61 Å². The number of aryl methyl sites for hydroxylation is 2. The molecule has 2 aromatic carbocycles. The summed E-state index contributed by atoms with van der Waals surface area (Å²) in [5.74, 6) is 1.17. The second-order valence-corrected chi connectivity index (χ2v) is 8.41. The summed E-state index contributed by atoms with van der Waals surface area (Å²) in [6.07, 6.45) is 3.72. The number of nitrogens with zero attached hydrogens (tertiary/aromatic N) is 2. The summed E-state index contributed by atoms with van der Waals surface area (Å²) >= 11 is 1.64. The number of aromatic nitrogens is 1. The van der Waals surface area contributed by atoms with Gasteiger partial charge < -0.3 is 9.47 Å². The Morgan fingerprint density at radius 3 is 2.62 bits per heavy atom. The molecule has 148 valence electrons. The fourth-order valence-corrected chi connectivity index (χ4v) is 4.93. The predicted molar refractivity (Wildman–Crippen MR) is 113 cm³/mol. The van der Waals surface area contributed by atoms with Crippen molar-refractivity contribution in [1.29, 1.82) is 0 Å². The Kier molecular flexibility index (Phi) is 4.94. The van der Waals surface area contributed by atoms with Crippen molar-refractivity contribution in [3.05, 3.63) is 70.7 Å². The number of para-hydroxylation sites is 2. The highest BCUT2D eigenvalue weighted by molar-refractivity contribution is 7.15. The molecule has 1 aliphatic heterocycles. The molecule has 1 amide bonds. The van der Waals surface area contributed by atoms with Crippen molar-refractivity contribution < 1.29 is 14.3 Å². The zero-order chi connectivity index (χ0) is 19.6. The van der Waals surface area contributed by atoms with Crippen LogP contribution in [-0.2, 0) is 24.2 Å². The van der Waals surface area contributed by atoms with Gasteiger partial charge in [-0.15, -0.1) is 11.3 Å². The molecule has 5 nitrogen and oxygen atoms in total. The van der Waals surface area contributed by atoms with Crippen LogP contribution in [0.4, 0.5) is 5.13 Å². The van der Waals surface area contributed by atoms with E-state index in [4.69, 9.17) is 14.5 Å². The molecule has 0 saturated carbocycles. The van der Waals surface area contributed by atoms with Crippen LogP contribution in [0, 0.1) is 0 Å². The summed E-state index contributed by atoms with van der Waals surface area (Å²) in [6.45, 7) is 0.666. The maximum absolute atomic E-state index is 13.5. The minimum absolute atomic E-state index is 0.116. The largest absolute Gasteiger partial charge is 0.485 e. The summed E-state index contributed by atoms with van der Waals surface area (Å²) in [5, 5.41) is 0.758. The molecule has 1 aromatic heterocycles. The smallest absolute Gasteiger partial charge is 0.273 e. The second-order valence-electron chi connectivity index (χ2n) is 7.35. The summed E-state index contributed by atoms with van der Waals surface area (Å²) in [4.78, 5) is 21.4. The van der Waals surface area contributed by atoms with Gasteiger partial charge in [-0.25, -0.2) is 4.98 Å². The van der Waals surface area contributed by atoms with E-state index < -0.39 is 6.10 Å². The van der Waals surface area contributed by atoms with Gasteiger partial charge in [-0.2, -0.15) is 0 Å². The van der Waals surface area contributed by atoms with E-state index in [2.05, 4.69) is 0 Å². The van der Waals surface area contributed by atoms with Crippen LogP contribution in [0.2, 0.25) is 0 Å². The molecular formula is C23H22N2O3S. The average molecular weight is 407 g/mol. The lowest BCUT2D eigenvalue weighted by atomic mass is 10.0. The highest BCUT2D eigenvalue weighted by Gasteiger charge is 2.33. The molecule has 1 atom stereocenters. The average Bonchev–Trinajstić information content (AvgIpc) is 3.21. The Bertz CT molecular complexity index is 994. The first-order valence-electron chi connectivity index (χ1n) is 10.0. The van der Waals surface area contributed by atoms with E-state index in [9.17, 15) is 4.79 Å². The maximum Gasteiger partial charge on any atom is 0.273 e. The van der Waals surface area contributed by atoms with Crippen molar-refractivity contribution >= 4 is 22.4 Å². The van der Waals surface area contributed by atoms with Gasteiger partial charge in [-0.1, -0.05) is 42.5 Å². The highest BCUT2D eigenvalue weighted by atomic mass is 32.1. The molecule has 29 heavy (non-hydrogen) atoms. The molecule has 1 aliphatic carbocycles. The van der Waals surface area contributed by atoms with Crippen LogP contribution in [-0.4, -0.2) is 23.6 Å². The quantitative estimate of drug-likeness (QED) is 0.645. The third kappa shape index (κ3) is 3.72. The summed E-state index contributed by atoms with van der Waals surface area (Å²) in [7, 11) is 0. The first kappa shape index (κ1) is 18.2. The van der Waals surface area contributed by atoms with Crippen molar-refractivity contribution in [2.24, 2.45) is 0 Å². The van der Waals surface area contributed by atoms with Crippen molar-refractivity contribution in [3.8, 4) is 11.5 Å². The van der Waals surface area contributed by atoms with Gasteiger partial charge in [-0.3, -0.25) is 9.69 Å². The Balaban J connectivity index is 1.45. The molecule has 0 spiro atoms. The van der Waals surface area contributed by atoms with E-state index in [-0.39, 0.29) is 12.5 Å². The van der Waals surface area contributed by atoms with Gasteiger partial charge in [0.25, 0.3) is 5.91 Å². The topological polar surface area (TPSA) is 51.7 Å². The third-order valence-corrected chi connectivity index (χ3v) is 6.48. The number of ether oxygens (including phenoxy) is 2. The first-order valence-corrected chi connectivity index (χ1v) is 10.8. The molecule has 6 heteroatoms. The van der Waals surface area contributed by atoms with Crippen molar-refractivity contribution in [2.45, 2.75) is 38.3 Å². The van der Waals surface area contributed by atoms with Gasteiger partial charge in [-0.05, 0) is 43.4 Å². The third-order valence-electron chi connectivity index (χ3n) is 5.30. The number of carbonyl (C=O) groups is 1. The lowest BCUT2D eigenvalue weighted by Gasteiger charge is -2.29. The fourth-order valence-electron chi connectivity index (χ4n) is 3.77. The second kappa shape index (κ2) is 7.87. The molecule has 0 fully saturated rings. The lowest BCUT2D eigenvalue weighted by Crippen LogP contribution is -2.46. The van der Waals surface area contributed by atoms with Crippen molar-refractivity contribution in [2.75, 3.05) is 11.5 Å². The highest BCUT2D eigenvalue weighted by Crippen LogP contribution is 2.35. The van der Waals surface area contributed by atoms with Crippen molar-refractivity contribution in [1.82, 2.24) is 4.98 Å². The molecule has 5 rings (SSSR count). The SMILES string of the molecule is O=C(C1COc2ccccc2O1)N(Cc1ccccc1)c1nc2c(s1)CCCC2. The molecule has 0 bridgehead atoms. The van der Waals surface area contributed by atoms with E-state index in [0.717, 1.165) is 29.2 Å². The van der Waals surface area contributed by atoms with Crippen LogP contribution in [0.3, 0.4) is 0 Å². The Hall–Kier alpha value is -2.86. The number of thiazole rings is 1. The normalized spacial score (nSPS) is 17.4. The molecule has 0 saturated heterocycles. The number of carbonyl (C=O) groups excluding carboxylic acids is 1. The van der Waals surface area contributed by atoms with Gasteiger partial charge in [0.15, 0.2) is 16.6 Å². The number of hydrogen-bond donors (Lipinski definition) is 0. The molecule has 2 aliphatic rings. The Morgan fingerprint density at radius 1 is 1.03 bits per heavy atom. The molecule has 3 aromatic rings. The molecular weight excluding hydrogens is 384 g/mol. The Labute approximate surface area is 173 Å². The summed E-state index contributed by atoms with van der Waals surface area (Å²) in [5.41, 5.74) is 2.21. The van der Waals surface area contributed by atoms with Crippen LogP contribution < -0.4 is 14.4 Å². The number of amides is 1. The zero-order valence-electron chi connectivity index (χ0n) is 16.0. The van der Waals surface area contributed by atoms with Gasteiger partial charge in [0.05, 0.1) is 12.2 Å². The lowest BCUT2D eigenvalue weighted by molar-refractivity contribution is -0.127. The van der Waals surface area contributed by atoms with Gasteiger partial charge in [0.2, 0.25) is 6.10 Å². The van der Waals surface area contributed by atoms with E-state index in [0.29, 0.717) is 18.0 Å². The minimum atomic E-state index is -0.686. The van der Waals surface area contributed by atoms with E-state index in [1.54, 1.807) is 16.2 Å². The molecule has 0 radical (unpaired) electrons.